The van der Waals surface area contributed by atoms with Crippen LogP contribution in [0.25, 0.3) is 0 Å². The Labute approximate surface area is 489 Å². The van der Waals surface area contributed by atoms with Crippen molar-refractivity contribution < 1.29 is 37.3 Å². The van der Waals surface area contributed by atoms with Crippen LogP contribution in [0.3, 0.4) is 0 Å². The lowest BCUT2D eigenvalue weighted by Crippen LogP contribution is -2.47. The van der Waals surface area contributed by atoms with Gasteiger partial charge in [-0.3, -0.25) is 14.2 Å². The third-order valence-electron chi connectivity index (χ3n) is 14.6. The summed E-state index contributed by atoms with van der Waals surface area (Å²) in [5, 5.41) is 3.03. The maximum atomic E-state index is 13.6. The summed E-state index contributed by atoms with van der Waals surface area (Å²) in [5.41, 5.74) is 0. The summed E-state index contributed by atoms with van der Waals surface area (Å²) in [6.07, 6.45) is 75.9. The number of esters is 1. The van der Waals surface area contributed by atoms with Gasteiger partial charge in [-0.1, -0.05) is 261 Å². The molecule has 0 aliphatic rings. The maximum Gasteiger partial charge on any atom is 0.306 e. The predicted octanol–water partition coefficient (Wildman–Crippen LogP) is 20.2. The number of phosphoric acid groups is 1. The van der Waals surface area contributed by atoms with E-state index in [-0.39, 0.29) is 24.9 Å². The maximum absolute atomic E-state index is 13.6. The number of quaternary nitrogens is 1. The smallest absolute Gasteiger partial charge is 0.306 e. The largest absolute Gasteiger partial charge is 0.756 e. The molecule has 0 aromatic heterocycles. The quantitative estimate of drug-likeness (QED) is 0.0212. The number of allylic oxidation sites excluding steroid dienone is 11. The highest BCUT2D eigenvalue weighted by molar-refractivity contribution is 7.45. The molecule has 0 saturated carbocycles. The van der Waals surface area contributed by atoms with Crippen molar-refractivity contribution in [2.75, 3.05) is 40.9 Å². The molecular weight excluding hydrogens is 1000 g/mol. The van der Waals surface area contributed by atoms with E-state index < -0.39 is 26.6 Å². The molecule has 0 aromatic rings. The molecule has 0 radical (unpaired) electrons. The molecule has 3 atom stereocenters. The average Bonchev–Trinajstić information content (AvgIpc) is 3.41. The Morgan fingerprint density at radius 1 is 0.443 bits per heavy atom. The number of carbonyl (C=O) groups excluding carboxylic acids is 2. The first-order chi connectivity index (χ1) is 38.4. The van der Waals surface area contributed by atoms with Gasteiger partial charge < -0.3 is 28.5 Å². The second kappa shape index (κ2) is 58.6. The molecule has 0 bridgehead atoms. The number of unbranched alkanes of at least 4 members (excludes halogenated alkanes) is 34. The van der Waals surface area contributed by atoms with Crippen molar-refractivity contribution >= 4 is 19.7 Å². The minimum atomic E-state index is -4.70. The monoisotopic (exact) mass is 1130 g/mol. The third kappa shape index (κ3) is 59.9. The van der Waals surface area contributed by atoms with Gasteiger partial charge in [0.15, 0.2) is 0 Å². The van der Waals surface area contributed by atoms with Crippen molar-refractivity contribution in [1.29, 1.82) is 0 Å². The summed E-state index contributed by atoms with van der Waals surface area (Å²) < 4.78 is 30.3. The lowest BCUT2D eigenvalue weighted by molar-refractivity contribution is -0.870. The normalized spacial score (nSPS) is 14.1. The van der Waals surface area contributed by atoms with Gasteiger partial charge in [-0.25, -0.2) is 0 Å². The summed E-state index contributed by atoms with van der Waals surface area (Å²) in [6, 6.07) is -0.893. The molecule has 0 aliphatic heterocycles. The van der Waals surface area contributed by atoms with Crippen LogP contribution in [0.15, 0.2) is 72.9 Å². The highest BCUT2D eigenvalue weighted by atomic mass is 31.2. The van der Waals surface area contributed by atoms with Crippen molar-refractivity contribution in [3.05, 3.63) is 72.9 Å². The molecule has 1 amide bonds. The molecule has 0 spiro atoms. The third-order valence-corrected chi connectivity index (χ3v) is 15.6. The van der Waals surface area contributed by atoms with Crippen molar-refractivity contribution in [1.82, 2.24) is 5.32 Å². The molecule has 3 unspecified atom stereocenters. The summed E-state index contributed by atoms with van der Waals surface area (Å²) in [4.78, 5) is 40.0. The predicted molar refractivity (Wildman–Crippen MR) is 339 cm³/mol. The highest BCUT2D eigenvalue weighted by Gasteiger charge is 2.27. The topological polar surface area (TPSA) is 114 Å². The zero-order chi connectivity index (χ0) is 57.9. The first-order valence-electron chi connectivity index (χ1n) is 33.2. The van der Waals surface area contributed by atoms with E-state index in [0.717, 1.165) is 96.3 Å². The number of amides is 1. The second-order valence-electron chi connectivity index (χ2n) is 23.6. The fourth-order valence-corrected chi connectivity index (χ4v) is 10.2. The summed E-state index contributed by atoms with van der Waals surface area (Å²) >= 11 is 0. The van der Waals surface area contributed by atoms with E-state index >= 15 is 0 Å². The van der Waals surface area contributed by atoms with Gasteiger partial charge in [0.25, 0.3) is 7.82 Å². The molecule has 0 fully saturated rings. The Bertz CT molecular complexity index is 1580. The summed E-state index contributed by atoms with van der Waals surface area (Å²) in [7, 11) is 1.18. The van der Waals surface area contributed by atoms with Crippen LogP contribution < -0.4 is 10.2 Å². The van der Waals surface area contributed by atoms with Crippen LogP contribution in [0.5, 0.6) is 0 Å². The van der Waals surface area contributed by atoms with E-state index in [1.54, 1.807) is 0 Å². The van der Waals surface area contributed by atoms with E-state index in [9.17, 15) is 19.0 Å². The van der Waals surface area contributed by atoms with Gasteiger partial charge in [0.2, 0.25) is 5.91 Å². The van der Waals surface area contributed by atoms with Gasteiger partial charge in [-0.15, -0.1) is 0 Å². The van der Waals surface area contributed by atoms with Gasteiger partial charge in [0.1, 0.15) is 19.3 Å². The summed E-state index contributed by atoms with van der Waals surface area (Å²) in [6.45, 7) is 6.81. The fraction of sp³-hybridized carbons (Fsp3) is 0.797. The van der Waals surface area contributed by atoms with Gasteiger partial charge in [-0.05, 0) is 102 Å². The molecule has 0 saturated heterocycles. The van der Waals surface area contributed by atoms with Gasteiger partial charge in [-0.2, -0.15) is 0 Å². The van der Waals surface area contributed by atoms with Gasteiger partial charge >= 0.3 is 5.97 Å². The number of phosphoric ester groups is 1. The lowest BCUT2D eigenvalue weighted by atomic mass is 10.0. The highest BCUT2D eigenvalue weighted by Crippen LogP contribution is 2.38. The second-order valence-corrected chi connectivity index (χ2v) is 25.0. The number of nitrogens with one attached hydrogen (secondary N) is 1. The first-order valence-corrected chi connectivity index (χ1v) is 34.7. The molecule has 460 valence electrons. The zero-order valence-electron chi connectivity index (χ0n) is 52.6. The Hall–Kier alpha value is -2.55. The zero-order valence-corrected chi connectivity index (χ0v) is 53.5. The molecular formula is C69H127N2O7P. The molecule has 79 heavy (non-hydrogen) atoms. The number of likely N-dealkylation sites (N-methyl/N-ethyl adjacent to an activating group) is 1. The molecule has 9 nitrogen and oxygen atoms in total. The minimum absolute atomic E-state index is 0.0250. The number of hydrogen-bond donors (Lipinski definition) is 1. The Morgan fingerprint density at radius 2 is 0.772 bits per heavy atom. The minimum Gasteiger partial charge on any atom is -0.756 e. The fourth-order valence-electron chi connectivity index (χ4n) is 9.44. The number of hydrogen-bond acceptors (Lipinski definition) is 7. The van der Waals surface area contributed by atoms with Crippen molar-refractivity contribution in [3.63, 3.8) is 0 Å². The summed E-state index contributed by atoms with van der Waals surface area (Å²) in [5.74, 6) is -0.545. The van der Waals surface area contributed by atoms with Crippen LogP contribution in [0.2, 0.25) is 0 Å². The van der Waals surface area contributed by atoms with Gasteiger partial charge in [0.05, 0.1) is 33.8 Å². The molecule has 0 aliphatic carbocycles. The SMILES string of the molecule is CCCCC/C=C\C/C=C\C/C=C\C/C=C\CCCCCCCCCCCCCC(=O)NC(COP(=O)([O-])OCC[N+](C)(C)C)C(/C=C\CCCCCCCCCCC)OC(=O)CCCCCCCCC/C=C\CCCCCC. The first kappa shape index (κ1) is 76.5. The average molecular weight is 1130 g/mol. The van der Waals surface area contributed by atoms with E-state index in [1.165, 1.54) is 173 Å². The van der Waals surface area contributed by atoms with Crippen LogP contribution in [-0.2, 0) is 27.9 Å². The molecule has 0 aromatic carbocycles. The molecule has 10 heteroatoms. The Morgan fingerprint density at radius 3 is 1.20 bits per heavy atom. The van der Waals surface area contributed by atoms with Crippen molar-refractivity contribution in [2.45, 2.75) is 315 Å². The van der Waals surface area contributed by atoms with E-state index in [4.69, 9.17) is 13.8 Å². The number of ether oxygens (including phenoxy) is 1. The van der Waals surface area contributed by atoms with E-state index in [0.29, 0.717) is 17.4 Å². The number of nitrogens with zero attached hydrogens (tertiary/aromatic N) is 1. The molecule has 1 N–H and O–H groups in total. The van der Waals surface area contributed by atoms with Crippen molar-refractivity contribution in [3.8, 4) is 0 Å². The van der Waals surface area contributed by atoms with Crippen LogP contribution in [0.4, 0.5) is 0 Å². The van der Waals surface area contributed by atoms with Crippen LogP contribution in [0.1, 0.15) is 303 Å². The number of carbonyl (C=O) groups is 2. The Balaban J connectivity index is 5.04. The number of rotatable bonds is 60. The van der Waals surface area contributed by atoms with Crippen LogP contribution in [0, 0.1) is 0 Å². The van der Waals surface area contributed by atoms with E-state index in [1.807, 2.05) is 33.3 Å². The van der Waals surface area contributed by atoms with Crippen LogP contribution in [-0.4, -0.2) is 69.4 Å². The molecule has 0 rings (SSSR count). The standard InChI is InChI=1S/C69H127N2O7P/c1-7-10-13-16-19-22-25-27-29-30-31-32-33-34-35-36-37-38-39-40-42-43-46-49-52-55-58-61-68(72)70-66(65-77-79(74,75)76-64-63-71(4,5)6)67(60-57-54-51-48-45-24-21-18-15-12-9-3)78-69(73)62-59-56-53-50-47-44-41-28-26-23-20-17-14-11-8-2/h19,22-23,26-27,29,31-32,34-35,57,60,66-67H,7-18,20-21,24-25,28,30,33,36-56,58-59,61-65H2,1-6H3,(H-,70,72,74,75)/b22-19-,26-23-,29-27-,32-31-,35-34-,60-57-. The lowest BCUT2D eigenvalue weighted by Gasteiger charge is -2.30. The van der Waals surface area contributed by atoms with Crippen LogP contribution >= 0.6 is 7.82 Å². The van der Waals surface area contributed by atoms with Gasteiger partial charge in [0, 0.05) is 12.8 Å². The van der Waals surface area contributed by atoms with E-state index in [2.05, 4.69) is 86.8 Å². The molecule has 0 heterocycles. The Kier molecular flexibility index (Phi) is 56.7. The van der Waals surface area contributed by atoms with Crippen molar-refractivity contribution in [2.24, 2.45) is 0 Å².